The van der Waals surface area contributed by atoms with Gasteiger partial charge in [0.15, 0.2) is 0 Å². The van der Waals surface area contributed by atoms with Crippen LogP contribution < -0.4 is 17.2 Å². The zero-order valence-corrected chi connectivity index (χ0v) is 7.51. The van der Waals surface area contributed by atoms with Crippen molar-refractivity contribution in [3.8, 4) is 5.69 Å². The fourth-order valence-corrected chi connectivity index (χ4v) is 1.27. The molecular weight excluding hydrogens is 178 g/mol. The highest BCUT2D eigenvalue weighted by atomic mass is 15.0. The summed E-state index contributed by atoms with van der Waals surface area (Å²) in [7, 11) is 0. The molecule has 0 spiro atoms. The second-order valence-electron chi connectivity index (χ2n) is 2.97. The van der Waals surface area contributed by atoms with Gasteiger partial charge in [0, 0.05) is 12.4 Å². The lowest BCUT2D eigenvalue weighted by molar-refractivity contribution is 1.06. The van der Waals surface area contributed by atoms with Crippen LogP contribution >= 0.6 is 0 Å². The Hall–Kier alpha value is -2.17. The number of benzene rings is 1. The smallest absolute Gasteiger partial charge is 0.0992 e. The fourth-order valence-electron chi connectivity index (χ4n) is 1.27. The molecule has 72 valence electrons. The van der Waals surface area contributed by atoms with Gasteiger partial charge in [-0.15, -0.1) is 0 Å². The SMILES string of the molecule is Nc1ccc(-n2ccnc2)c(N)c1N. The Kier molecular flexibility index (Phi) is 1.78. The van der Waals surface area contributed by atoms with Crippen molar-refractivity contribution >= 4 is 17.1 Å². The number of rotatable bonds is 1. The van der Waals surface area contributed by atoms with E-state index in [1.54, 1.807) is 29.4 Å². The number of anilines is 3. The molecule has 2 aromatic rings. The van der Waals surface area contributed by atoms with Crippen LogP contribution in [0.2, 0.25) is 0 Å². The Labute approximate surface area is 81.1 Å². The summed E-state index contributed by atoms with van der Waals surface area (Å²) in [6.07, 6.45) is 5.12. The topological polar surface area (TPSA) is 95.9 Å². The second kappa shape index (κ2) is 2.95. The third kappa shape index (κ3) is 1.15. The third-order valence-electron chi connectivity index (χ3n) is 2.08. The molecule has 0 radical (unpaired) electrons. The van der Waals surface area contributed by atoms with E-state index in [2.05, 4.69) is 4.98 Å². The van der Waals surface area contributed by atoms with E-state index < -0.39 is 0 Å². The number of aromatic nitrogens is 2. The van der Waals surface area contributed by atoms with Crippen molar-refractivity contribution in [2.45, 2.75) is 0 Å². The largest absolute Gasteiger partial charge is 0.397 e. The highest BCUT2D eigenvalue weighted by Gasteiger charge is 2.06. The molecule has 0 aliphatic rings. The first-order valence-corrected chi connectivity index (χ1v) is 4.12. The molecule has 1 aromatic carbocycles. The van der Waals surface area contributed by atoms with Gasteiger partial charge in [-0.1, -0.05) is 0 Å². The molecule has 14 heavy (non-hydrogen) atoms. The van der Waals surface area contributed by atoms with Crippen LogP contribution in [0.25, 0.3) is 5.69 Å². The highest BCUT2D eigenvalue weighted by molar-refractivity contribution is 5.83. The predicted octanol–water partition coefficient (Wildman–Crippen LogP) is 0.619. The first-order chi connectivity index (χ1) is 6.70. The Bertz CT molecular complexity index is 446. The summed E-state index contributed by atoms with van der Waals surface area (Å²) in [6, 6.07) is 3.53. The zero-order chi connectivity index (χ0) is 10.1. The Morgan fingerprint density at radius 2 is 1.86 bits per heavy atom. The molecule has 5 heteroatoms. The molecule has 0 aliphatic heterocycles. The van der Waals surface area contributed by atoms with E-state index in [0.717, 1.165) is 5.69 Å². The van der Waals surface area contributed by atoms with Gasteiger partial charge in [-0.25, -0.2) is 4.98 Å². The van der Waals surface area contributed by atoms with Crippen molar-refractivity contribution in [2.75, 3.05) is 17.2 Å². The summed E-state index contributed by atoms with van der Waals surface area (Å²) in [5, 5.41) is 0. The summed E-state index contributed by atoms with van der Waals surface area (Å²) in [5.74, 6) is 0. The van der Waals surface area contributed by atoms with Gasteiger partial charge in [0.25, 0.3) is 0 Å². The number of nitrogens with two attached hydrogens (primary N) is 3. The molecule has 0 fully saturated rings. The van der Waals surface area contributed by atoms with E-state index in [-0.39, 0.29) is 0 Å². The van der Waals surface area contributed by atoms with Gasteiger partial charge in [0.2, 0.25) is 0 Å². The summed E-state index contributed by atoms with van der Waals surface area (Å²) in [6.45, 7) is 0. The molecule has 0 bridgehead atoms. The second-order valence-corrected chi connectivity index (χ2v) is 2.97. The normalized spacial score (nSPS) is 10.3. The molecule has 0 saturated heterocycles. The van der Waals surface area contributed by atoms with Gasteiger partial charge < -0.3 is 21.8 Å². The maximum atomic E-state index is 5.82. The molecular formula is C9H11N5. The van der Waals surface area contributed by atoms with E-state index in [1.165, 1.54) is 0 Å². The van der Waals surface area contributed by atoms with E-state index in [0.29, 0.717) is 17.1 Å². The number of imidazole rings is 1. The average Bonchev–Trinajstić information content (AvgIpc) is 2.67. The standard InChI is InChI=1S/C9H11N5/c10-6-1-2-7(9(12)8(6)11)14-4-3-13-5-14/h1-5H,10-12H2. The van der Waals surface area contributed by atoms with Crippen LogP contribution in [0.5, 0.6) is 0 Å². The van der Waals surface area contributed by atoms with Gasteiger partial charge in [-0.3, -0.25) is 0 Å². The number of nitrogen functional groups attached to an aromatic ring is 3. The first-order valence-electron chi connectivity index (χ1n) is 4.12. The lowest BCUT2D eigenvalue weighted by Crippen LogP contribution is -2.04. The fraction of sp³-hybridized carbons (Fsp3) is 0. The van der Waals surface area contributed by atoms with E-state index in [1.807, 2.05) is 6.07 Å². The molecule has 1 aromatic heterocycles. The van der Waals surface area contributed by atoms with Gasteiger partial charge in [0.1, 0.15) is 0 Å². The molecule has 0 atom stereocenters. The van der Waals surface area contributed by atoms with Crippen LogP contribution in [-0.4, -0.2) is 9.55 Å². The minimum atomic E-state index is 0.413. The van der Waals surface area contributed by atoms with E-state index in [4.69, 9.17) is 17.2 Å². The summed E-state index contributed by atoms with van der Waals surface area (Å²) in [4.78, 5) is 3.93. The Morgan fingerprint density at radius 1 is 1.07 bits per heavy atom. The van der Waals surface area contributed by atoms with E-state index in [9.17, 15) is 0 Å². The minimum Gasteiger partial charge on any atom is -0.397 e. The molecule has 1 heterocycles. The van der Waals surface area contributed by atoms with Crippen LogP contribution in [0.1, 0.15) is 0 Å². The first kappa shape index (κ1) is 8.43. The third-order valence-corrected chi connectivity index (χ3v) is 2.08. The lowest BCUT2D eigenvalue weighted by Gasteiger charge is -2.10. The monoisotopic (exact) mass is 189 g/mol. The maximum Gasteiger partial charge on any atom is 0.0992 e. The summed E-state index contributed by atoms with van der Waals surface area (Å²) in [5.41, 5.74) is 19.3. The highest BCUT2D eigenvalue weighted by Crippen LogP contribution is 2.28. The molecule has 0 saturated carbocycles. The number of hydrogen-bond donors (Lipinski definition) is 3. The minimum absolute atomic E-state index is 0.413. The number of hydrogen-bond acceptors (Lipinski definition) is 4. The van der Waals surface area contributed by atoms with Crippen LogP contribution in [0, 0.1) is 0 Å². The van der Waals surface area contributed by atoms with Crippen LogP contribution in [-0.2, 0) is 0 Å². The van der Waals surface area contributed by atoms with Gasteiger partial charge in [-0.2, -0.15) is 0 Å². The van der Waals surface area contributed by atoms with Crippen molar-refractivity contribution in [2.24, 2.45) is 0 Å². The van der Waals surface area contributed by atoms with Gasteiger partial charge in [-0.05, 0) is 12.1 Å². The van der Waals surface area contributed by atoms with Crippen molar-refractivity contribution < 1.29 is 0 Å². The predicted molar refractivity (Wildman–Crippen MR) is 56.8 cm³/mol. The van der Waals surface area contributed by atoms with Crippen molar-refractivity contribution in [1.82, 2.24) is 9.55 Å². The molecule has 6 N–H and O–H groups in total. The molecule has 0 amide bonds. The Balaban J connectivity index is 2.61. The average molecular weight is 189 g/mol. The van der Waals surface area contributed by atoms with E-state index >= 15 is 0 Å². The van der Waals surface area contributed by atoms with Gasteiger partial charge in [0.05, 0.1) is 29.1 Å². The number of nitrogens with zero attached hydrogens (tertiary/aromatic N) is 2. The van der Waals surface area contributed by atoms with Crippen molar-refractivity contribution in [3.63, 3.8) is 0 Å². The van der Waals surface area contributed by atoms with Crippen LogP contribution in [0.3, 0.4) is 0 Å². The van der Waals surface area contributed by atoms with Crippen molar-refractivity contribution in [3.05, 3.63) is 30.9 Å². The van der Waals surface area contributed by atoms with Gasteiger partial charge >= 0.3 is 0 Å². The molecule has 0 unspecified atom stereocenters. The molecule has 0 aliphatic carbocycles. The molecule has 2 rings (SSSR count). The quantitative estimate of drug-likeness (QED) is 0.573. The zero-order valence-electron chi connectivity index (χ0n) is 7.51. The van der Waals surface area contributed by atoms with Crippen LogP contribution in [0.15, 0.2) is 30.9 Å². The maximum absolute atomic E-state index is 5.82. The summed E-state index contributed by atoms with van der Waals surface area (Å²) >= 11 is 0. The van der Waals surface area contributed by atoms with Crippen LogP contribution in [0.4, 0.5) is 17.1 Å². The summed E-state index contributed by atoms with van der Waals surface area (Å²) < 4.78 is 1.78. The lowest BCUT2D eigenvalue weighted by atomic mass is 10.2. The Morgan fingerprint density at radius 3 is 2.50 bits per heavy atom. The van der Waals surface area contributed by atoms with Crippen molar-refractivity contribution in [1.29, 1.82) is 0 Å². The molecule has 5 nitrogen and oxygen atoms in total.